The van der Waals surface area contributed by atoms with Gasteiger partial charge in [0.25, 0.3) is 11.8 Å². The second-order valence-corrected chi connectivity index (χ2v) is 11.3. The molecule has 1 fully saturated rings. The number of benzene rings is 4. The molecule has 1 N–H and O–H groups in total. The average Bonchev–Trinajstić information content (AvgIpc) is 3.00. The summed E-state index contributed by atoms with van der Waals surface area (Å²) < 4.78 is 17.5. The fourth-order valence-corrected chi connectivity index (χ4v) is 5.22. The topological polar surface area (TPSA) is 94.2 Å². The summed E-state index contributed by atoms with van der Waals surface area (Å²) in [5, 5.41) is 4.00. The molecule has 0 saturated carbocycles. The average molecular weight is 686 g/mol. The fourth-order valence-electron chi connectivity index (χ4n) is 4.36. The number of barbiturate groups is 1. The van der Waals surface area contributed by atoms with Gasteiger partial charge in [0.2, 0.25) is 0 Å². The van der Waals surface area contributed by atoms with E-state index >= 15 is 0 Å². The van der Waals surface area contributed by atoms with Crippen LogP contribution in [0.15, 0.2) is 84.4 Å². The largest absolute Gasteiger partial charge is 0.490 e. The third-order valence-electron chi connectivity index (χ3n) is 6.55. The van der Waals surface area contributed by atoms with Gasteiger partial charge >= 0.3 is 6.03 Å². The van der Waals surface area contributed by atoms with Gasteiger partial charge in [-0.05, 0) is 84.8 Å². The van der Waals surface area contributed by atoms with Gasteiger partial charge in [-0.2, -0.15) is 0 Å². The number of nitrogens with one attached hydrogen (secondary N) is 1. The minimum atomic E-state index is -0.886. The number of imide groups is 2. The molecule has 0 unspecified atom stereocenters. The standard InChI is InChI=1S/C33H24Cl4N2O6/c1-2-43-29-15-20(14-28(37)30(29)45-17-19-3-6-22(34)7-4-19)13-26-31(40)38-33(42)39(32(26)41)24-9-11-25(12-10-24)44-18-21-5-8-23(35)16-27(21)36/h3-16H,2,17-18H2,1H3,(H,38,40,42)/b26-13+. The molecular weight excluding hydrogens is 662 g/mol. The summed E-state index contributed by atoms with van der Waals surface area (Å²) in [6.07, 6.45) is 1.34. The quantitative estimate of drug-likeness (QED) is 0.133. The van der Waals surface area contributed by atoms with E-state index in [-0.39, 0.29) is 29.5 Å². The molecule has 1 heterocycles. The van der Waals surface area contributed by atoms with Crippen molar-refractivity contribution in [1.29, 1.82) is 0 Å². The molecule has 1 saturated heterocycles. The highest BCUT2D eigenvalue weighted by molar-refractivity contribution is 6.39. The van der Waals surface area contributed by atoms with Crippen LogP contribution in [0.3, 0.4) is 0 Å². The van der Waals surface area contributed by atoms with Gasteiger partial charge in [0, 0.05) is 20.6 Å². The highest BCUT2D eigenvalue weighted by Crippen LogP contribution is 2.38. The van der Waals surface area contributed by atoms with Crippen molar-refractivity contribution < 1.29 is 28.6 Å². The van der Waals surface area contributed by atoms with Crippen molar-refractivity contribution >= 4 is 76.0 Å². The van der Waals surface area contributed by atoms with Gasteiger partial charge in [0.15, 0.2) is 11.5 Å². The summed E-state index contributed by atoms with van der Waals surface area (Å²) in [6.45, 7) is 2.49. The molecule has 0 aliphatic carbocycles. The number of ether oxygens (including phenoxy) is 3. The molecule has 1 aliphatic heterocycles. The Morgan fingerprint density at radius 3 is 2.16 bits per heavy atom. The molecule has 0 spiro atoms. The van der Waals surface area contributed by atoms with Crippen LogP contribution in [0.1, 0.15) is 23.6 Å². The fraction of sp³-hybridized carbons (Fsp3) is 0.121. The van der Waals surface area contributed by atoms with Gasteiger partial charge in [0.1, 0.15) is 24.5 Å². The van der Waals surface area contributed by atoms with Crippen molar-refractivity contribution in [3.63, 3.8) is 0 Å². The smallest absolute Gasteiger partial charge is 0.335 e. The Balaban J connectivity index is 1.35. The van der Waals surface area contributed by atoms with E-state index in [4.69, 9.17) is 60.6 Å². The number of rotatable bonds is 10. The third kappa shape index (κ3) is 7.72. The van der Waals surface area contributed by atoms with Crippen LogP contribution in [0.5, 0.6) is 17.2 Å². The highest BCUT2D eigenvalue weighted by Gasteiger charge is 2.37. The molecule has 5 rings (SSSR count). The maximum atomic E-state index is 13.5. The van der Waals surface area contributed by atoms with E-state index in [0.29, 0.717) is 44.5 Å². The van der Waals surface area contributed by atoms with Crippen LogP contribution in [0.25, 0.3) is 6.08 Å². The van der Waals surface area contributed by atoms with Gasteiger partial charge in [-0.25, -0.2) is 9.69 Å². The minimum absolute atomic E-state index is 0.178. The monoisotopic (exact) mass is 684 g/mol. The van der Waals surface area contributed by atoms with Gasteiger partial charge in [-0.15, -0.1) is 0 Å². The Hall–Kier alpha value is -4.21. The summed E-state index contributed by atoms with van der Waals surface area (Å²) in [7, 11) is 0. The number of halogens is 4. The van der Waals surface area contributed by atoms with Gasteiger partial charge in [0.05, 0.1) is 17.3 Å². The zero-order valence-corrected chi connectivity index (χ0v) is 26.6. The second-order valence-electron chi connectivity index (χ2n) is 9.65. The normalized spacial score (nSPS) is 14.0. The van der Waals surface area contributed by atoms with Crippen LogP contribution in [-0.4, -0.2) is 24.5 Å². The van der Waals surface area contributed by atoms with Crippen molar-refractivity contribution in [2.45, 2.75) is 20.1 Å². The molecule has 4 aromatic rings. The Labute approximate surface area is 279 Å². The molecule has 4 amide bonds. The predicted molar refractivity (Wildman–Crippen MR) is 175 cm³/mol. The first-order valence-electron chi connectivity index (χ1n) is 13.5. The number of anilines is 1. The first-order chi connectivity index (χ1) is 21.6. The number of hydrogen-bond donors (Lipinski definition) is 1. The van der Waals surface area contributed by atoms with E-state index in [0.717, 1.165) is 16.0 Å². The molecular formula is C33H24Cl4N2O6. The zero-order chi connectivity index (χ0) is 32.1. The van der Waals surface area contributed by atoms with Crippen molar-refractivity contribution in [3.8, 4) is 17.2 Å². The number of carbonyl (C=O) groups is 3. The predicted octanol–water partition coefficient (Wildman–Crippen LogP) is 8.52. The van der Waals surface area contributed by atoms with Crippen LogP contribution in [0, 0.1) is 0 Å². The van der Waals surface area contributed by atoms with Gasteiger partial charge < -0.3 is 14.2 Å². The van der Waals surface area contributed by atoms with Crippen LogP contribution in [0.4, 0.5) is 10.5 Å². The minimum Gasteiger partial charge on any atom is -0.490 e. The van der Waals surface area contributed by atoms with Gasteiger partial charge in [-0.3, -0.25) is 14.9 Å². The van der Waals surface area contributed by atoms with Crippen LogP contribution in [-0.2, 0) is 22.8 Å². The van der Waals surface area contributed by atoms with Crippen LogP contribution >= 0.6 is 46.4 Å². The summed E-state index contributed by atoms with van der Waals surface area (Å²) >= 11 is 24.7. The SMILES string of the molecule is CCOc1cc(/C=C2\C(=O)NC(=O)N(c3ccc(OCc4ccc(Cl)cc4Cl)cc3)C2=O)cc(Cl)c1OCc1ccc(Cl)cc1. The number of amides is 4. The Morgan fingerprint density at radius 1 is 0.756 bits per heavy atom. The number of urea groups is 1. The molecule has 12 heteroatoms. The Kier molecular flexibility index (Phi) is 10.2. The first kappa shape index (κ1) is 32.2. The van der Waals surface area contributed by atoms with E-state index in [1.54, 1.807) is 55.5 Å². The van der Waals surface area contributed by atoms with Gasteiger partial charge in [-0.1, -0.05) is 64.6 Å². The number of hydrogen-bond acceptors (Lipinski definition) is 6. The van der Waals surface area contributed by atoms with Crippen molar-refractivity contribution in [2.75, 3.05) is 11.5 Å². The molecule has 0 atom stereocenters. The number of nitrogens with zero attached hydrogens (tertiary/aromatic N) is 1. The maximum Gasteiger partial charge on any atom is 0.335 e. The third-order valence-corrected chi connectivity index (χ3v) is 7.66. The van der Waals surface area contributed by atoms with Crippen molar-refractivity contribution in [2.24, 2.45) is 0 Å². The van der Waals surface area contributed by atoms with E-state index in [1.807, 2.05) is 12.1 Å². The summed E-state index contributed by atoms with van der Waals surface area (Å²) in [6, 6.07) is 20.7. The molecule has 0 radical (unpaired) electrons. The van der Waals surface area contributed by atoms with E-state index in [2.05, 4.69) is 5.32 Å². The Bertz CT molecular complexity index is 1790. The van der Waals surface area contributed by atoms with Crippen LogP contribution in [0.2, 0.25) is 20.1 Å². The van der Waals surface area contributed by atoms with E-state index in [9.17, 15) is 14.4 Å². The van der Waals surface area contributed by atoms with Crippen LogP contribution < -0.4 is 24.4 Å². The molecule has 0 aromatic heterocycles. The molecule has 230 valence electrons. The lowest BCUT2D eigenvalue weighted by molar-refractivity contribution is -0.122. The summed E-state index contributed by atoms with van der Waals surface area (Å²) in [5.41, 5.74) is 1.94. The van der Waals surface area contributed by atoms with E-state index < -0.39 is 17.8 Å². The molecule has 45 heavy (non-hydrogen) atoms. The van der Waals surface area contributed by atoms with E-state index in [1.165, 1.54) is 24.3 Å². The highest BCUT2D eigenvalue weighted by atomic mass is 35.5. The first-order valence-corrected chi connectivity index (χ1v) is 15.1. The number of carbonyl (C=O) groups excluding carboxylic acids is 3. The lowest BCUT2D eigenvalue weighted by Gasteiger charge is -2.26. The van der Waals surface area contributed by atoms with Crippen molar-refractivity contribution in [1.82, 2.24) is 5.32 Å². The zero-order valence-electron chi connectivity index (χ0n) is 23.6. The maximum absolute atomic E-state index is 13.5. The second kappa shape index (κ2) is 14.3. The van der Waals surface area contributed by atoms with Crippen molar-refractivity contribution in [3.05, 3.63) is 121 Å². The molecule has 1 aliphatic rings. The molecule has 0 bridgehead atoms. The lowest BCUT2D eigenvalue weighted by Crippen LogP contribution is -2.54. The summed E-state index contributed by atoms with van der Waals surface area (Å²) in [4.78, 5) is 39.9. The Morgan fingerprint density at radius 2 is 1.47 bits per heavy atom. The molecule has 4 aromatic carbocycles. The lowest BCUT2D eigenvalue weighted by atomic mass is 10.1. The summed E-state index contributed by atoms with van der Waals surface area (Å²) in [5.74, 6) is -0.580. The molecule has 8 nitrogen and oxygen atoms in total.